The van der Waals surface area contributed by atoms with E-state index in [9.17, 15) is 13.6 Å². The Balaban J connectivity index is 2.57. The van der Waals surface area contributed by atoms with Gasteiger partial charge in [0.2, 0.25) is 0 Å². The van der Waals surface area contributed by atoms with Crippen LogP contribution >= 0.6 is 0 Å². The molecule has 0 aliphatic rings. The van der Waals surface area contributed by atoms with Crippen LogP contribution in [0.5, 0.6) is 0 Å². The monoisotopic (exact) mass is 161 g/mol. The van der Waals surface area contributed by atoms with Crippen molar-refractivity contribution in [1.82, 2.24) is 15.5 Å². The average Bonchev–Trinajstić information content (AvgIpc) is 2.35. The van der Waals surface area contributed by atoms with Gasteiger partial charge in [0.15, 0.2) is 0 Å². The third-order valence-corrected chi connectivity index (χ3v) is 0.986. The quantitative estimate of drug-likeness (QED) is 0.615. The molecule has 0 aliphatic heterocycles. The smallest absolute Gasteiger partial charge is 0.295 e. The first-order valence-corrected chi connectivity index (χ1v) is 2.78. The highest BCUT2D eigenvalue weighted by atomic mass is 19.3. The molecule has 6 heteroatoms. The topological polar surface area (TPSA) is 57.8 Å². The zero-order chi connectivity index (χ0) is 8.27. The van der Waals surface area contributed by atoms with Crippen LogP contribution in [-0.4, -0.2) is 22.7 Å². The first kappa shape index (κ1) is 7.64. The summed E-state index contributed by atoms with van der Waals surface area (Å²) in [7, 11) is 0. The zero-order valence-electron chi connectivity index (χ0n) is 5.34. The van der Waals surface area contributed by atoms with Crippen molar-refractivity contribution in [3.63, 3.8) is 0 Å². The third kappa shape index (κ3) is 1.99. The van der Waals surface area contributed by atoms with Crippen molar-refractivity contribution in [2.45, 2.75) is 6.55 Å². The highest BCUT2D eigenvalue weighted by Crippen LogP contribution is 1.93. The molecule has 0 radical (unpaired) electrons. The van der Waals surface area contributed by atoms with Gasteiger partial charge in [-0.05, 0) is 6.07 Å². The van der Waals surface area contributed by atoms with Gasteiger partial charge in [-0.25, -0.2) is 0 Å². The summed E-state index contributed by atoms with van der Waals surface area (Å²) in [6.07, 6.45) is 1.31. The summed E-state index contributed by atoms with van der Waals surface area (Å²) in [4.78, 5) is 10.7. The molecule has 1 heterocycles. The average molecular weight is 161 g/mol. The van der Waals surface area contributed by atoms with E-state index >= 15 is 0 Å². The molecule has 0 saturated carbocycles. The molecule has 0 aromatic carbocycles. The van der Waals surface area contributed by atoms with Crippen LogP contribution in [0.15, 0.2) is 12.3 Å². The number of hydrogen-bond acceptors (Lipinski definition) is 2. The molecule has 0 spiro atoms. The van der Waals surface area contributed by atoms with Crippen molar-refractivity contribution in [2.75, 3.05) is 0 Å². The van der Waals surface area contributed by atoms with Crippen LogP contribution in [-0.2, 0) is 0 Å². The molecule has 1 rings (SSSR count). The van der Waals surface area contributed by atoms with E-state index in [4.69, 9.17) is 0 Å². The molecule has 1 aromatic rings. The lowest BCUT2D eigenvalue weighted by atomic mass is 10.4. The Hall–Kier alpha value is -1.46. The number of nitrogens with one attached hydrogen (secondary N) is 2. The first-order valence-electron chi connectivity index (χ1n) is 2.78. The predicted molar refractivity (Wildman–Crippen MR) is 32.1 cm³/mol. The SMILES string of the molecule is O=C(NC(F)F)c1ccn[nH]1. The Bertz CT molecular complexity index is 234. The molecular formula is C5H5F2N3O. The van der Waals surface area contributed by atoms with Crippen LogP contribution in [0.25, 0.3) is 0 Å². The minimum absolute atomic E-state index is 0.0188. The Kier molecular flexibility index (Phi) is 2.15. The van der Waals surface area contributed by atoms with Crippen LogP contribution in [0.3, 0.4) is 0 Å². The number of nitrogens with zero attached hydrogens (tertiary/aromatic N) is 1. The van der Waals surface area contributed by atoms with Crippen LogP contribution in [0.2, 0.25) is 0 Å². The zero-order valence-corrected chi connectivity index (χ0v) is 5.34. The highest BCUT2D eigenvalue weighted by Gasteiger charge is 2.10. The number of halogens is 2. The fourth-order valence-corrected chi connectivity index (χ4v) is 0.559. The Morgan fingerprint density at radius 1 is 1.73 bits per heavy atom. The molecule has 1 amide bonds. The number of alkyl halides is 2. The molecule has 4 nitrogen and oxygen atoms in total. The van der Waals surface area contributed by atoms with E-state index < -0.39 is 12.5 Å². The second-order valence-electron chi connectivity index (χ2n) is 1.74. The number of aromatic nitrogens is 2. The molecule has 0 unspecified atom stereocenters. The highest BCUT2D eigenvalue weighted by molar-refractivity contribution is 5.92. The molecule has 0 bridgehead atoms. The van der Waals surface area contributed by atoms with Crippen LogP contribution in [0.1, 0.15) is 10.5 Å². The van der Waals surface area contributed by atoms with Gasteiger partial charge >= 0.3 is 6.55 Å². The first-order chi connectivity index (χ1) is 5.20. The van der Waals surface area contributed by atoms with E-state index in [1.54, 1.807) is 0 Å². The Morgan fingerprint density at radius 3 is 2.91 bits per heavy atom. The van der Waals surface area contributed by atoms with E-state index in [0.29, 0.717) is 0 Å². The molecule has 2 N–H and O–H groups in total. The summed E-state index contributed by atoms with van der Waals surface area (Å²) in [5.74, 6) is -0.863. The number of aromatic amines is 1. The van der Waals surface area contributed by atoms with Gasteiger partial charge in [0.05, 0.1) is 0 Å². The molecule has 1 aromatic heterocycles. The summed E-state index contributed by atoms with van der Waals surface area (Å²) >= 11 is 0. The molecule has 11 heavy (non-hydrogen) atoms. The van der Waals surface area contributed by atoms with Gasteiger partial charge in [0.25, 0.3) is 5.91 Å². The van der Waals surface area contributed by atoms with Crippen LogP contribution in [0, 0.1) is 0 Å². The van der Waals surface area contributed by atoms with E-state index in [1.807, 2.05) is 0 Å². The molecular weight excluding hydrogens is 156 g/mol. The number of rotatable bonds is 2. The summed E-state index contributed by atoms with van der Waals surface area (Å²) in [6.45, 7) is -2.84. The Labute approximate surface area is 60.6 Å². The minimum atomic E-state index is -2.84. The van der Waals surface area contributed by atoms with E-state index in [0.717, 1.165) is 0 Å². The molecule has 0 atom stereocenters. The van der Waals surface area contributed by atoms with Gasteiger partial charge in [-0.15, -0.1) is 0 Å². The number of carbonyl (C=O) groups excluding carboxylic acids is 1. The van der Waals surface area contributed by atoms with Gasteiger partial charge in [0.1, 0.15) is 5.69 Å². The summed E-state index contributed by atoms with van der Waals surface area (Å²) in [5.41, 5.74) is 0.0188. The molecule has 0 fully saturated rings. The second-order valence-corrected chi connectivity index (χ2v) is 1.74. The third-order valence-electron chi connectivity index (χ3n) is 0.986. The van der Waals surface area contributed by atoms with Gasteiger partial charge in [-0.3, -0.25) is 15.2 Å². The van der Waals surface area contributed by atoms with Gasteiger partial charge in [0, 0.05) is 6.20 Å². The molecule has 60 valence electrons. The van der Waals surface area contributed by atoms with Crippen molar-refractivity contribution in [3.8, 4) is 0 Å². The lowest BCUT2D eigenvalue weighted by Crippen LogP contribution is -2.28. The lowest BCUT2D eigenvalue weighted by Gasteiger charge is -1.98. The number of amides is 1. The molecule has 0 aliphatic carbocycles. The van der Waals surface area contributed by atoms with Crippen molar-refractivity contribution in [1.29, 1.82) is 0 Å². The van der Waals surface area contributed by atoms with Crippen molar-refractivity contribution in [3.05, 3.63) is 18.0 Å². The maximum absolute atomic E-state index is 11.5. The number of carbonyl (C=O) groups is 1. The van der Waals surface area contributed by atoms with Crippen LogP contribution in [0.4, 0.5) is 8.78 Å². The summed E-state index contributed by atoms with van der Waals surface area (Å²) in [5, 5.41) is 7.07. The van der Waals surface area contributed by atoms with Crippen molar-refractivity contribution < 1.29 is 13.6 Å². The van der Waals surface area contributed by atoms with Crippen molar-refractivity contribution >= 4 is 5.91 Å². The predicted octanol–water partition coefficient (Wildman–Crippen LogP) is 0.362. The van der Waals surface area contributed by atoms with Gasteiger partial charge in [-0.2, -0.15) is 13.9 Å². The van der Waals surface area contributed by atoms with Gasteiger partial charge in [-0.1, -0.05) is 0 Å². The van der Waals surface area contributed by atoms with Crippen LogP contribution < -0.4 is 5.32 Å². The largest absolute Gasteiger partial charge is 0.315 e. The Morgan fingerprint density at radius 2 is 2.45 bits per heavy atom. The normalized spacial score (nSPS) is 10.1. The lowest BCUT2D eigenvalue weighted by molar-refractivity contribution is 0.0694. The maximum Gasteiger partial charge on any atom is 0.315 e. The minimum Gasteiger partial charge on any atom is -0.295 e. The van der Waals surface area contributed by atoms with Gasteiger partial charge < -0.3 is 0 Å². The number of H-pyrrole nitrogens is 1. The van der Waals surface area contributed by atoms with E-state index in [1.165, 1.54) is 17.6 Å². The summed E-state index contributed by atoms with van der Waals surface area (Å²) in [6, 6.07) is 1.30. The van der Waals surface area contributed by atoms with Crippen molar-refractivity contribution in [2.24, 2.45) is 0 Å². The molecule has 0 saturated heterocycles. The van der Waals surface area contributed by atoms with E-state index in [-0.39, 0.29) is 5.69 Å². The maximum atomic E-state index is 11.5. The fraction of sp³-hybridized carbons (Fsp3) is 0.200. The number of hydrogen-bond donors (Lipinski definition) is 2. The standard InChI is InChI=1S/C5H5F2N3O/c6-5(7)9-4(11)3-1-2-8-10-3/h1-2,5H,(H,8,10)(H,9,11). The fourth-order valence-electron chi connectivity index (χ4n) is 0.559. The summed E-state index contributed by atoms with van der Waals surface area (Å²) < 4.78 is 23.0. The van der Waals surface area contributed by atoms with E-state index in [2.05, 4.69) is 10.2 Å². The second kappa shape index (κ2) is 3.09.